The molecule has 37 heavy (non-hydrogen) atoms. The zero-order valence-corrected chi connectivity index (χ0v) is 25.1. The molecule has 1 saturated heterocycles. The van der Waals surface area contributed by atoms with Crippen LogP contribution in [0.15, 0.2) is 56.1 Å². The van der Waals surface area contributed by atoms with Gasteiger partial charge in [-0.15, -0.1) is 0 Å². The second-order valence-electron chi connectivity index (χ2n) is 10.5. The van der Waals surface area contributed by atoms with Gasteiger partial charge in [0.05, 0.1) is 15.9 Å². The van der Waals surface area contributed by atoms with Gasteiger partial charge in [-0.3, -0.25) is 14.8 Å². The van der Waals surface area contributed by atoms with Gasteiger partial charge in [-0.2, -0.15) is 0 Å². The van der Waals surface area contributed by atoms with Crippen molar-refractivity contribution in [3.63, 3.8) is 0 Å². The molecule has 6 heteroatoms. The van der Waals surface area contributed by atoms with E-state index >= 15 is 0 Å². The van der Waals surface area contributed by atoms with E-state index in [0.717, 1.165) is 46.9 Å². The molecule has 1 saturated carbocycles. The molecule has 2 aliphatic rings. The third-order valence-electron chi connectivity index (χ3n) is 7.12. The Morgan fingerprint density at radius 3 is 2.38 bits per heavy atom. The van der Waals surface area contributed by atoms with Crippen LogP contribution in [0.2, 0.25) is 0 Å². The van der Waals surface area contributed by atoms with Gasteiger partial charge < -0.3 is 10.0 Å². The Kier molecular flexibility index (Phi) is 13.9. The highest BCUT2D eigenvalue weighted by Crippen LogP contribution is 2.28. The van der Waals surface area contributed by atoms with E-state index in [1.165, 1.54) is 51.4 Å². The number of phenolic OH excluding ortho intramolecular Hbond substituents is 1. The summed E-state index contributed by atoms with van der Waals surface area (Å²) in [5.74, 6) is 2.11. The van der Waals surface area contributed by atoms with Gasteiger partial charge in [0.1, 0.15) is 5.75 Å². The third kappa shape index (κ3) is 11.0. The Labute approximate surface area is 233 Å². The summed E-state index contributed by atoms with van der Waals surface area (Å²) in [7, 11) is 1.71. The van der Waals surface area contributed by atoms with Crippen molar-refractivity contribution in [2.75, 3.05) is 20.1 Å². The lowest BCUT2D eigenvalue weighted by atomic mass is 9.86. The van der Waals surface area contributed by atoms with Crippen LogP contribution in [0.1, 0.15) is 91.0 Å². The zero-order valence-electron chi connectivity index (χ0n) is 23.5. The summed E-state index contributed by atoms with van der Waals surface area (Å²) in [5, 5.41) is 9.98. The van der Waals surface area contributed by atoms with Crippen LogP contribution in [0, 0.1) is 11.8 Å². The van der Waals surface area contributed by atoms with E-state index in [1.54, 1.807) is 25.4 Å². The molecule has 1 aliphatic heterocycles. The number of carbonyl (C=O) groups excluding carboxylic acids is 1. The summed E-state index contributed by atoms with van der Waals surface area (Å²) in [4.78, 5) is 22.9. The number of amides is 1. The Hall–Kier alpha value is -2.21. The van der Waals surface area contributed by atoms with Crippen LogP contribution >= 0.6 is 15.9 Å². The predicted molar refractivity (Wildman–Crippen MR) is 161 cm³/mol. The molecule has 204 valence electrons. The van der Waals surface area contributed by atoms with Gasteiger partial charge in [0.15, 0.2) is 0 Å². The topological polar surface area (TPSA) is 65.3 Å². The Balaban J connectivity index is 0.000000263. The molecule has 5 nitrogen and oxygen atoms in total. The first-order chi connectivity index (χ1) is 17.7. The average molecular weight is 573 g/mol. The lowest BCUT2D eigenvalue weighted by Crippen LogP contribution is -2.40. The van der Waals surface area contributed by atoms with E-state index in [2.05, 4.69) is 37.7 Å². The summed E-state index contributed by atoms with van der Waals surface area (Å²) in [6.45, 7) is 10.2. The quantitative estimate of drug-likeness (QED) is 0.336. The molecule has 0 radical (unpaired) electrons. The van der Waals surface area contributed by atoms with Crippen molar-refractivity contribution in [3.05, 3.63) is 51.7 Å². The van der Waals surface area contributed by atoms with Crippen LogP contribution in [0.25, 0.3) is 0 Å². The number of para-hydroxylation sites is 1. The van der Waals surface area contributed by atoms with E-state index in [4.69, 9.17) is 0 Å². The van der Waals surface area contributed by atoms with Crippen LogP contribution in [0.3, 0.4) is 0 Å². The molecule has 1 unspecified atom stereocenters. The molecule has 1 aromatic carbocycles. The maximum Gasteiger partial charge on any atom is 0.222 e. The van der Waals surface area contributed by atoms with Gasteiger partial charge in [-0.25, -0.2) is 0 Å². The highest BCUT2D eigenvalue weighted by molar-refractivity contribution is 9.12. The number of allylic oxidation sites excluding steroid dienone is 4. The molecule has 3 rings (SSSR count). The minimum atomic E-state index is 0.219. The number of benzene rings is 1. The molecule has 1 atom stereocenters. The lowest BCUT2D eigenvalue weighted by Gasteiger charge is -2.33. The minimum Gasteiger partial charge on any atom is -0.507 e. The number of halogens is 1. The first-order valence-corrected chi connectivity index (χ1v) is 14.6. The van der Waals surface area contributed by atoms with Crippen molar-refractivity contribution in [3.8, 4) is 5.75 Å². The molecule has 0 aromatic heterocycles. The Bertz CT molecular complexity index is 986. The van der Waals surface area contributed by atoms with Crippen LogP contribution in [-0.4, -0.2) is 48.0 Å². The SMILES string of the molecule is CCC1CCCN(C(=O)CC2CCCCC2)C1.CN=C/C(Br)=C(\C)N=C(C=C(C)C)c1ccccc1O. The molecule has 0 bridgehead atoms. The maximum atomic E-state index is 12.3. The molecular weight excluding hydrogens is 526 g/mol. The second kappa shape index (κ2) is 16.6. The van der Waals surface area contributed by atoms with E-state index in [1.807, 2.05) is 39.0 Å². The normalized spacial score (nSPS) is 19.7. The largest absolute Gasteiger partial charge is 0.507 e. The van der Waals surface area contributed by atoms with Gasteiger partial charge in [-0.05, 0) is 92.4 Å². The number of carbonyl (C=O) groups is 1. The number of hydrogen-bond donors (Lipinski definition) is 1. The number of nitrogens with zero attached hydrogens (tertiary/aromatic N) is 3. The van der Waals surface area contributed by atoms with Gasteiger partial charge in [0.2, 0.25) is 5.91 Å². The highest BCUT2D eigenvalue weighted by atomic mass is 79.9. The number of hydrogen-bond acceptors (Lipinski definition) is 4. The average Bonchev–Trinajstić information content (AvgIpc) is 2.89. The summed E-state index contributed by atoms with van der Waals surface area (Å²) in [6, 6.07) is 7.18. The van der Waals surface area contributed by atoms with Crippen LogP contribution in [0.5, 0.6) is 5.75 Å². The van der Waals surface area contributed by atoms with Crippen molar-refractivity contribution in [1.29, 1.82) is 0 Å². The molecule has 1 amide bonds. The van der Waals surface area contributed by atoms with Crippen LogP contribution in [-0.2, 0) is 4.79 Å². The number of piperidine rings is 1. The zero-order chi connectivity index (χ0) is 27.2. The summed E-state index contributed by atoms with van der Waals surface area (Å²) < 4.78 is 0.815. The first kappa shape index (κ1) is 31.0. The molecule has 1 aromatic rings. The monoisotopic (exact) mass is 571 g/mol. The van der Waals surface area contributed by atoms with Crippen molar-refractivity contribution >= 4 is 33.8 Å². The maximum absolute atomic E-state index is 12.3. The van der Waals surface area contributed by atoms with Crippen molar-refractivity contribution < 1.29 is 9.90 Å². The predicted octanol–water partition coefficient (Wildman–Crippen LogP) is 8.08. The smallest absolute Gasteiger partial charge is 0.222 e. The van der Waals surface area contributed by atoms with Crippen molar-refractivity contribution in [1.82, 2.24) is 4.90 Å². The van der Waals surface area contributed by atoms with Gasteiger partial charge in [-0.1, -0.05) is 50.3 Å². The first-order valence-electron chi connectivity index (χ1n) is 13.8. The number of rotatable bonds is 7. The van der Waals surface area contributed by atoms with E-state index < -0.39 is 0 Å². The number of phenols is 1. The standard InChI is InChI=1S/C16H19BrN2O.C15H27NO/c1-11(2)9-15(13-7-5-6-8-16(13)20)19-12(3)14(17)10-18-4;1-2-13-9-6-10-16(12-13)15(17)11-14-7-4-3-5-8-14/h5-10,20H,1-4H3;13-14H,2-12H2,1H3/b14-12-,18-10?,19-15?;. The van der Waals surface area contributed by atoms with Gasteiger partial charge in [0, 0.05) is 38.3 Å². The fourth-order valence-electron chi connectivity index (χ4n) is 4.97. The number of aliphatic imine (C=N–C) groups is 2. The van der Waals surface area contributed by atoms with Gasteiger partial charge in [0.25, 0.3) is 0 Å². The Morgan fingerprint density at radius 2 is 1.76 bits per heavy atom. The van der Waals surface area contributed by atoms with E-state index in [-0.39, 0.29) is 5.75 Å². The minimum absolute atomic E-state index is 0.219. The summed E-state index contributed by atoms with van der Waals surface area (Å²) in [5.41, 5.74) is 3.34. The number of aromatic hydroxyl groups is 1. The molecule has 2 fully saturated rings. The van der Waals surface area contributed by atoms with Crippen LogP contribution in [0.4, 0.5) is 0 Å². The fraction of sp³-hybridized carbons (Fsp3) is 0.581. The van der Waals surface area contributed by atoms with E-state index in [9.17, 15) is 9.90 Å². The van der Waals surface area contributed by atoms with Crippen molar-refractivity contribution in [2.24, 2.45) is 21.8 Å². The van der Waals surface area contributed by atoms with Gasteiger partial charge >= 0.3 is 0 Å². The summed E-state index contributed by atoms with van der Waals surface area (Å²) in [6.07, 6.45) is 14.9. The van der Waals surface area contributed by atoms with E-state index in [0.29, 0.717) is 17.4 Å². The summed E-state index contributed by atoms with van der Waals surface area (Å²) >= 11 is 3.43. The fourth-order valence-corrected chi connectivity index (χ4v) is 5.26. The highest BCUT2D eigenvalue weighted by Gasteiger charge is 2.25. The molecule has 1 N–H and O–H groups in total. The second-order valence-corrected chi connectivity index (χ2v) is 11.4. The molecule has 0 spiro atoms. The molecule has 1 aliphatic carbocycles. The molecular formula is C31H46BrN3O2. The van der Waals surface area contributed by atoms with Crippen LogP contribution < -0.4 is 0 Å². The lowest BCUT2D eigenvalue weighted by molar-refractivity contribution is -0.134. The molecule has 1 heterocycles. The Morgan fingerprint density at radius 1 is 1.08 bits per heavy atom. The van der Waals surface area contributed by atoms with Crippen molar-refractivity contribution in [2.45, 2.75) is 85.5 Å². The number of likely N-dealkylation sites (tertiary alicyclic amines) is 1. The third-order valence-corrected chi connectivity index (χ3v) is 7.90.